The van der Waals surface area contributed by atoms with Gasteiger partial charge in [0, 0.05) is 10.7 Å². The fourth-order valence-electron chi connectivity index (χ4n) is 1.45. The number of nitrogens with one attached hydrogen (secondary N) is 2. The molecule has 0 saturated heterocycles. The van der Waals surface area contributed by atoms with Gasteiger partial charge in [-0.15, -0.1) is 10.2 Å². The average molecular weight is 340 g/mol. The number of aryl methyl sites for hydroxylation is 1. The largest absolute Gasteiger partial charge is 0.359 e. The molecule has 0 atom stereocenters. The zero-order valence-electron chi connectivity index (χ0n) is 9.78. The molecule has 0 radical (unpaired) electrons. The third kappa shape index (κ3) is 3.10. The number of aromatic amines is 1. The molecule has 0 aliphatic rings. The van der Waals surface area contributed by atoms with Crippen LogP contribution in [0.15, 0.2) is 22.8 Å². The number of tetrazole rings is 1. The fourth-order valence-corrected chi connectivity index (χ4v) is 2.48. The summed E-state index contributed by atoms with van der Waals surface area (Å²) in [4.78, 5) is 0. The van der Waals surface area contributed by atoms with Crippen LogP contribution in [0.2, 0.25) is 5.02 Å². The van der Waals surface area contributed by atoms with Crippen LogP contribution in [0.25, 0.3) is 5.57 Å². The maximum Gasteiger partial charge on any atom is 0.216 e. The molecule has 0 amide bonds. The van der Waals surface area contributed by atoms with Gasteiger partial charge in [0.1, 0.15) is 11.6 Å². The summed E-state index contributed by atoms with van der Waals surface area (Å²) in [6, 6.07) is 5.67. The molecule has 2 rings (SSSR count). The van der Waals surface area contributed by atoms with Crippen molar-refractivity contribution in [1.29, 1.82) is 5.26 Å². The number of rotatable bonds is 3. The maximum absolute atomic E-state index is 9.04. The van der Waals surface area contributed by atoms with E-state index < -0.39 is 0 Å². The number of benzene rings is 1. The second kappa shape index (κ2) is 5.82. The minimum atomic E-state index is 0.223. The minimum Gasteiger partial charge on any atom is -0.359 e. The number of aromatic nitrogens is 4. The summed E-state index contributed by atoms with van der Waals surface area (Å²) in [6.07, 6.45) is 1.49. The number of H-pyrrole nitrogens is 1. The molecule has 1 aromatic carbocycles. The molecule has 96 valence electrons. The zero-order chi connectivity index (χ0) is 13.8. The van der Waals surface area contributed by atoms with Crippen LogP contribution >= 0.6 is 27.5 Å². The average Bonchev–Trinajstić information content (AvgIpc) is 2.86. The Morgan fingerprint density at radius 2 is 2.37 bits per heavy atom. The summed E-state index contributed by atoms with van der Waals surface area (Å²) in [7, 11) is 0. The summed E-state index contributed by atoms with van der Waals surface area (Å²) in [5, 5.41) is 25.8. The Morgan fingerprint density at radius 1 is 1.58 bits per heavy atom. The summed E-state index contributed by atoms with van der Waals surface area (Å²) >= 11 is 9.49. The summed E-state index contributed by atoms with van der Waals surface area (Å²) < 4.78 is 0.892. The van der Waals surface area contributed by atoms with Crippen molar-refractivity contribution in [2.45, 2.75) is 6.92 Å². The predicted molar refractivity (Wildman–Crippen MR) is 75.3 cm³/mol. The van der Waals surface area contributed by atoms with E-state index in [2.05, 4.69) is 41.9 Å². The molecule has 0 bridgehead atoms. The first kappa shape index (κ1) is 13.5. The van der Waals surface area contributed by atoms with E-state index in [9.17, 15) is 0 Å². The van der Waals surface area contributed by atoms with Crippen molar-refractivity contribution >= 4 is 38.8 Å². The van der Waals surface area contributed by atoms with Crippen LogP contribution in [0, 0.1) is 18.3 Å². The molecular weight excluding hydrogens is 332 g/mol. The van der Waals surface area contributed by atoms with E-state index in [4.69, 9.17) is 16.9 Å². The van der Waals surface area contributed by atoms with Crippen LogP contribution in [0.1, 0.15) is 11.4 Å². The van der Waals surface area contributed by atoms with Crippen LogP contribution in [-0.4, -0.2) is 20.6 Å². The Bertz CT molecular complexity index is 635. The number of hydrogen-bond acceptors (Lipinski definition) is 5. The molecule has 0 unspecified atom stereocenters. The van der Waals surface area contributed by atoms with Crippen LogP contribution in [-0.2, 0) is 0 Å². The van der Waals surface area contributed by atoms with Gasteiger partial charge in [0.2, 0.25) is 5.82 Å². The lowest BCUT2D eigenvalue weighted by molar-refractivity contribution is 0.881. The Labute approximate surface area is 122 Å². The lowest BCUT2D eigenvalue weighted by Crippen LogP contribution is -1.96. The van der Waals surface area contributed by atoms with Crippen molar-refractivity contribution in [1.82, 2.24) is 20.6 Å². The van der Waals surface area contributed by atoms with Crippen LogP contribution < -0.4 is 5.32 Å². The van der Waals surface area contributed by atoms with Crippen molar-refractivity contribution in [2.75, 3.05) is 5.32 Å². The molecule has 1 heterocycles. The minimum absolute atomic E-state index is 0.223. The second-order valence-electron chi connectivity index (χ2n) is 3.63. The lowest BCUT2D eigenvalue weighted by Gasteiger charge is -2.08. The number of allylic oxidation sites excluding steroid dienone is 1. The Kier molecular flexibility index (Phi) is 4.14. The molecule has 0 saturated carbocycles. The van der Waals surface area contributed by atoms with Gasteiger partial charge in [0.25, 0.3) is 0 Å². The summed E-state index contributed by atoms with van der Waals surface area (Å²) in [5.41, 5.74) is 1.93. The molecule has 0 spiro atoms. The van der Waals surface area contributed by atoms with Crippen LogP contribution in [0.4, 0.5) is 5.69 Å². The van der Waals surface area contributed by atoms with E-state index in [1.807, 2.05) is 19.1 Å². The molecule has 2 N–H and O–H groups in total. The maximum atomic E-state index is 9.04. The Balaban J connectivity index is 2.30. The van der Waals surface area contributed by atoms with E-state index in [-0.39, 0.29) is 11.4 Å². The van der Waals surface area contributed by atoms with Crippen molar-refractivity contribution in [2.24, 2.45) is 0 Å². The van der Waals surface area contributed by atoms with Gasteiger partial charge < -0.3 is 5.32 Å². The Hall–Kier alpha value is -1.91. The highest BCUT2D eigenvalue weighted by molar-refractivity contribution is 9.10. The van der Waals surface area contributed by atoms with Gasteiger partial charge in [0.05, 0.1) is 10.7 Å². The topological polar surface area (TPSA) is 90.3 Å². The third-order valence-corrected chi connectivity index (χ3v) is 3.08. The quantitative estimate of drug-likeness (QED) is 0.839. The van der Waals surface area contributed by atoms with Gasteiger partial charge in [-0.1, -0.05) is 27.5 Å². The fraction of sp³-hybridized carbons (Fsp3) is 0.0909. The van der Waals surface area contributed by atoms with Crippen molar-refractivity contribution < 1.29 is 0 Å². The highest BCUT2D eigenvalue weighted by Crippen LogP contribution is 2.30. The van der Waals surface area contributed by atoms with Crippen molar-refractivity contribution in [3.63, 3.8) is 0 Å². The van der Waals surface area contributed by atoms with E-state index in [0.29, 0.717) is 5.02 Å². The van der Waals surface area contributed by atoms with E-state index in [0.717, 1.165) is 15.7 Å². The monoisotopic (exact) mass is 338 g/mol. The molecule has 0 aliphatic heterocycles. The van der Waals surface area contributed by atoms with E-state index in [1.54, 1.807) is 6.07 Å². The number of nitriles is 1. The van der Waals surface area contributed by atoms with Crippen LogP contribution in [0.5, 0.6) is 0 Å². The lowest BCUT2D eigenvalue weighted by atomic mass is 10.2. The first-order valence-electron chi connectivity index (χ1n) is 5.18. The third-order valence-electron chi connectivity index (χ3n) is 2.32. The molecule has 19 heavy (non-hydrogen) atoms. The predicted octanol–water partition coefficient (Wildman–Crippen LogP) is 2.90. The number of anilines is 1. The van der Waals surface area contributed by atoms with Gasteiger partial charge in [-0.3, -0.25) is 0 Å². The van der Waals surface area contributed by atoms with Gasteiger partial charge in [-0.2, -0.15) is 10.5 Å². The molecule has 2 aromatic rings. The van der Waals surface area contributed by atoms with Gasteiger partial charge in [-0.05, 0) is 29.8 Å². The first-order valence-corrected chi connectivity index (χ1v) is 6.35. The number of halogens is 2. The molecule has 0 fully saturated rings. The normalized spacial score (nSPS) is 11.2. The van der Waals surface area contributed by atoms with Crippen LogP contribution in [0.3, 0.4) is 0 Å². The highest BCUT2D eigenvalue weighted by atomic mass is 79.9. The van der Waals surface area contributed by atoms with Crippen molar-refractivity contribution in [3.8, 4) is 6.07 Å². The molecular formula is C11H8BrClN6. The smallest absolute Gasteiger partial charge is 0.216 e. The Morgan fingerprint density at radius 3 is 2.95 bits per heavy atom. The van der Waals surface area contributed by atoms with Gasteiger partial charge in [-0.25, -0.2) is 0 Å². The van der Waals surface area contributed by atoms with Gasteiger partial charge in [0.15, 0.2) is 0 Å². The molecule has 6 nitrogen and oxygen atoms in total. The molecule has 1 aromatic heterocycles. The molecule has 0 aliphatic carbocycles. The van der Waals surface area contributed by atoms with E-state index >= 15 is 0 Å². The second-order valence-corrected chi connectivity index (χ2v) is 4.95. The van der Waals surface area contributed by atoms with Gasteiger partial charge >= 0.3 is 0 Å². The zero-order valence-corrected chi connectivity index (χ0v) is 12.1. The highest BCUT2D eigenvalue weighted by Gasteiger charge is 2.08. The molecule has 8 heteroatoms. The SMILES string of the molecule is Cc1cc(Br)cc(Cl)c1NC=C(C#N)c1nn[nH]n1. The standard InChI is InChI=1S/C11H8BrClN6/c1-6-2-8(12)3-9(13)10(6)15-5-7(4-14)11-16-18-19-17-11/h2-3,5,15H,1H3,(H,16,17,18,19). The summed E-state index contributed by atoms with van der Waals surface area (Å²) in [5.74, 6) is 0.223. The van der Waals surface area contributed by atoms with E-state index in [1.165, 1.54) is 6.20 Å². The van der Waals surface area contributed by atoms with Crippen molar-refractivity contribution in [3.05, 3.63) is 39.2 Å². The first-order chi connectivity index (χ1) is 9.11. The number of hydrogen-bond donors (Lipinski definition) is 2. The number of nitrogens with zero attached hydrogens (tertiary/aromatic N) is 4. The summed E-state index contributed by atoms with van der Waals surface area (Å²) in [6.45, 7) is 1.91.